The number of carbonyl (C=O) groups is 1. The topological polar surface area (TPSA) is 83.4 Å². The molecule has 3 aromatic rings. The number of benzene rings is 3. The van der Waals surface area contributed by atoms with Crippen LogP contribution in [0.5, 0.6) is 0 Å². The predicted molar refractivity (Wildman–Crippen MR) is 140 cm³/mol. The van der Waals surface area contributed by atoms with E-state index in [0.29, 0.717) is 30.3 Å². The van der Waals surface area contributed by atoms with Gasteiger partial charge in [-0.3, -0.25) is 10.2 Å². The molecule has 7 nitrogen and oxygen atoms in total. The van der Waals surface area contributed by atoms with Crippen molar-refractivity contribution >= 4 is 29.0 Å². The molecule has 4 rings (SSSR count). The number of nitrogens with one attached hydrogen (secondary N) is 3. The summed E-state index contributed by atoms with van der Waals surface area (Å²) >= 11 is 6.33. The maximum absolute atomic E-state index is 13.4. The molecule has 0 spiro atoms. The minimum absolute atomic E-state index is 0.206. The van der Waals surface area contributed by atoms with Gasteiger partial charge in [-0.2, -0.15) is 5.26 Å². The van der Waals surface area contributed by atoms with Gasteiger partial charge in [0.05, 0.1) is 16.8 Å². The fourth-order valence-corrected chi connectivity index (χ4v) is 4.49. The van der Waals surface area contributed by atoms with Crippen molar-refractivity contribution in [3.63, 3.8) is 0 Å². The number of rotatable bonds is 6. The minimum Gasteiger partial charge on any atom is -0.352 e. The fourth-order valence-electron chi connectivity index (χ4n) is 4.33. The second-order valence-corrected chi connectivity index (χ2v) is 9.05. The second kappa shape index (κ2) is 11.1. The Bertz CT molecular complexity index is 1210. The van der Waals surface area contributed by atoms with Gasteiger partial charge in [-0.05, 0) is 48.7 Å². The molecule has 2 unspecified atom stereocenters. The van der Waals surface area contributed by atoms with Crippen LogP contribution in [0.15, 0.2) is 72.8 Å². The largest absolute Gasteiger partial charge is 0.352 e. The molecule has 1 fully saturated rings. The summed E-state index contributed by atoms with van der Waals surface area (Å²) in [5.41, 5.74) is 4.67. The van der Waals surface area contributed by atoms with Gasteiger partial charge in [-0.25, -0.2) is 4.79 Å². The lowest BCUT2D eigenvalue weighted by Crippen LogP contribution is -2.59. The molecule has 0 aliphatic carbocycles. The first kappa shape index (κ1) is 24.4. The van der Waals surface area contributed by atoms with Crippen molar-refractivity contribution in [1.29, 1.82) is 5.26 Å². The van der Waals surface area contributed by atoms with E-state index in [0.717, 1.165) is 22.4 Å². The smallest absolute Gasteiger partial charge is 0.322 e. The van der Waals surface area contributed by atoms with Crippen LogP contribution in [0, 0.1) is 25.3 Å². The maximum Gasteiger partial charge on any atom is 0.322 e. The van der Waals surface area contributed by atoms with Gasteiger partial charge >= 0.3 is 6.03 Å². The van der Waals surface area contributed by atoms with Crippen LogP contribution in [0.2, 0.25) is 5.02 Å². The zero-order valence-corrected chi connectivity index (χ0v) is 20.6. The van der Waals surface area contributed by atoms with Gasteiger partial charge in [0.2, 0.25) is 0 Å². The summed E-state index contributed by atoms with van der Waals surface area (Å²) in [5.74, 6) is 0. The number of piperazine rings is 1. The normalized spacial score (nSPS) is 16.7. The molecule has 0 saturated carbocycles. The van der Waals surface area contributed by atoms with Gasteiger partial charge in [0, 0.05) is 25.3 Å². The Kier molecular flexibility index (Phi) is 7.76. The molecule has 0 aromatic heterocycles. The molecular weight excluding hydrogens is 460 g/mol. The molecular formula is C27H29ClN6O. The Labute approximate surface area is 211 Å². The third-order valence-corrected chi connectivity index (χ3v) is 6.55. The zero-order valence-electron chi connectivity index (χ0n) is 19.8. The van der Waals surface area contributed by atoms with Crippen LogP contribution < -0.4 is 16.0 Å². The molecule has 0 radical (unpaired) electrons. The quantitative estimate of drug-likeness (QED) is 0.248. The van der Waals surface area contributed by atoms with Gasteiger partial charge in [-0.15, -0.1) is 0 Å². The van der Waals surface area contributed by atoms with E-state index in [1.54, 1.807) is 6.07 Å². The summed E-state index contributed by atoms with van der Waals surface area (Å²) in [6.07, 6.45) is 1.66. The van der Waals surface area contributed by atoms with Crippen molar-refractivity contribution in [2.75, 3.05) is 30.3 Å². The van der Waals surface area contributed by atoms with Crippen LogP contribution in [0.25, 0.3) is 0 Å². The molecule has 3 aromatic carbocycles. The lowest BCUT2D eigenvalue weighted by molar-refractivity contribution is 0.0733. The van der Waals surface area contributed by atoms with Crippen LogP contribution >= 0.6 is 11.6 Å². The number of urea groups is 1. The minimum atomic E-state index is -0.413. The summed E-state index contributed by atoms with van der Waals surface area (Å²) in [5, 5.41) is 19.2. The third-order valence-electron chi connectivity index (χ3n) is 6.22. The van der Waals surface area contributed by atoms with Crippen LogP contribution in [-0.2, 0) is 0 Å². The van der Waals surface area contributed by atoms with E-state index in [1.165, 1.54) is 0 Å². The highest BCUT2D eigenvalue weighted by molar-refractivity contribution is 6.33. The second-order valence-electron chi connectivity index (χ2n) is 8.65. The number of hydrogen-bond donors (Lipinski definition) is 3. The highest BCUT2D eigenvalue weighted by atomic mass is 35.5. The Morgan fingerprint density at radius 1 is 1.03 bits per heavy atom. The van der Waals surface area contributed by atoms with Crippen molar-refractivity contribution in [2.24, 2.45) is 0 Å². The van der Waals surface area contributed by atoms with Gasteiger partial charge in [0.25, 0.3) is 0 Å². The first-order valence-corrected chi connectivity index (χ1v) is 11.9. The monoisotopic (exact) mass is 488 g/mol. The first-order valence-electron chi connectivity index (χ1n) is 11.6. The van der Waals surface area contributed by atoms with Crippen molar-refractivity contribution in [3.8, 4) is 6.19 Å². The highest BCUT2D eigenvalue weighted by Gasteiger charge is 2.35. The molecule has 0 bridgehead atoms. The summed E-state index contributed by atoms with van der Waals surface area (Å²) in [4.78, 5) is 17.4. The number of anilines is 2. The summed E-state index contributed by atoms with van der Waals surface area (Å²) < 4.78 is 0. The van der Waals surface area contributed by atoms with E-state index < -0.39 is 6.29 Å². The number of nitriles is 1. The van der Waals surface area contributed by atoms with Crippen molar-refractivity contribution in [1.82, 2.24) is 15.1 Å². The molecule has 1 aliphatic heterocycles. The SMILES string of the molecule is Cc1ccc(Cl)c(NC(=O)N2CCN(C(NC#N)Nc3ccccc3C)CC2c2ccccc2)c1. The number of para-hydroxylation sites is 1. The zero-order chi connectivity index (χ0) is 24.8. The van der Waals surface area contributed by atoms with Gasteiger partial charge < -0.3 is 15.5 Å². The third kappa shape index (κ3) is 5.86. The van der Waals surface area contributed by atoms with Crippen molar-refractivity contribution in [3.05, 3.63) is 94.5 Å². The summed E-state index contributed by atoms with van der Waals surface area (Å²) in [6.45, 7) is 5.58. The Hall–Kier alpha value is -3.73. The maximum atomic E-state index is 13.4. The Balaban J connectivity index is 1.57. The lowest BCUT2D eigenvalue weighted by Gasteiger charge is -2.44. The van der Waals surface area contributed by atoms with E-state index in [-0.39, 0.29) is 12.1 Å². The number of halogens is 1. The van der Waals surface area contributed by atoms with E-state index in [1.807, 2.05) is 85.5 Å². The molecule has 1 aliphatic rings. The highest BCUT2D eigenvalue weighted by Crippen LogP contribution is 2.29. The summed E-state index contributed by atoms with van der Waals surface area (Å²) in [7, 11) is 0. The number of amides is 2. The van der Waals surface area contributed by atoms with Crippen molar-refractivity contribution in [2.45, 2.75) is 26.2 Å². The average molecular weight is 489 g/mol. The van der Waals surface area contributed by atoms with E-state index >= 15 is 0 Å². The summed E-state index contributed by atoms with van der Waals surface area (Å²) in [6, 6.07) is 23.1. The van der Waals surface area contributed by atoms with Crippen LogP contribution in [0.3, 0.4) is 0 Å². The molecule has 3 N–H and O–H groups in total. The van der Waals surface area contributed by atoms with Gasteiger partial charge in [-0.1, -0.05) is 66.2 Å². The first-order chi connectivity index (χ1) is 17.0. The van der Waals surface area contributed by atoms with Gasteiger partial charge in [0.1, 0.15) is 0 Å². The number of nitrogens with zero attached hydrogens (tertiary/aromatic N) is 3. The molecule has 35 heavy (non-hydrogen) atoms. The fraction of sp³-hybridized carbons (Fsp3) is 0.259. The van der Waals surface area contributed by atoms with E-state index in [4.69, 9.17) is 11.6 Å². The molecule has 2 atom stereocenters. The Morgan fingerprint density at radius 2 is 1.77 bits per heavy atom. The number of aryl methyl sites for hydroxylation is 2. The standard InChI is InChI=1S/C27H29ClN6O/c1-19-12-13-22(28)24(16-19)32-27(35)34-15-14-33(17-25(34)21-9-4-3-5-10-21)26(30-18-29)31-23-11-7-6-8-20(23)2/h3-13,16,25-26,30-31H,14-15,17H2,1-2H3,(H,32,35). The average Bonchev–Trinajstić information content (AvgIpc) is 2.87. The number of carbonyl (C=O) groups excluding carboxylic acids is 1. The molecule has 2 amide bonds. The Morgan fingerprint density at radius 3 is 2.51 bits per heavy atom. The van der Waals surface area contributed by atoms with Crippen molar-refractivity contribution < 1.29 is 4.79 Å². The molecule has 180 valence electrons. The van der Waals surface area contributed by atoms with Crippen LogP contribution in [0.4, 0.5) is 16.2 Å². The lowest BCUT2D eigenvalue weighted by atomic mass is 10.0. The molecule has 1 saturated heterocycles. The van der Waals surface area contributed by atoms with E-state index in [9.17, 15) is 10.1 Å². The van der Waals surface area contributed by atoms with Crippen LogP contribution in [0.1, 0.15) is 22.7 Å². The van der Waals surface area contributed by atoms with Crippen LogP contribution in [-0.4, -0.2) is 41.8 Å². The number of hydrogen-bond acceptors (Lipinski definition) is 5. The van der Waals surface area contributed by atoms with E-state index in [2.05, 4.69) is 27.0 Å². The van der Waals surface area contributed by atoms with Gasteiger partial charge in [0.15, 0.2) is 12.5 Å². The molecule has 8 heteroatoms. The molecule has 1 heterocycles. The predicted octanol–water partition coefficient (Wildman–Crippen LogP) is 5.31.